The smallest absolute Gasteiger partial charge is 0.222 e. The molecule has 0 spiro atoms. The summed E-state index contributed by atoms with van der Waals surface area (Å²) < 4.78 is 22.4. The van der Waals surface area contributed by atoms with E-state index in [0.29, 0.717) is 12.8 Å². The van der Waals surface area contributed by atoms with Crippen molar-refractivity contribution in [2.24, 2.45) is 5.92 Å². The number of rotatable bonds is 2. The van der Waals surface area contributed by atoms with Gasteiger partial charge in [0, 0.05) is 19.5 Å². The Morgan fingerprint density at radius 1 is 1.27 bits per heavy atom. The highest BCUT2D eigenvalue weighted by atomic mass is 32.2. The first kappa shape index (κ1) is 10.9. The minimum absolute atomic E-state index is 0.0723. The lowest BCUT2D eigenvalue weighted by atomic mass is 10.0. The van der Waals surface area contributed by atoms with E-state index < -0.39 is 9.84 Å². The molecule has 1 amide bonds. The highest BCUT2D eigenvalue weighted by molar-refractivity contribution is 7.91. The van der Waals surface area contributed by atoms with Crippen LogP contribution in [0.4, 0.5) is 0 Å². The van der Waals surface area contributed by atoms with Crippen LogP contribution in [0.3, 0.4) is 0 Å². The number of carbonyl (C=O) groups is 1. The second-order valence-electron chi connectivity index (χ2n) is 4.56. The van der Waals surface area contributed by atoms with Gasteiger partial charge in [-0.25, -0.2) is 8.42 Å². The molecule has 0 aromatic rings. The van der Waals surface area contributed by atoms with Crippen molar-refractivity contribution in [3.8, 4) is 0 Å². The summed E-state index contributed by atoms with van der Waals surface area (Å²) in [6, 6.07) is 0. The molecule has 1 atom stereocenters. The molecule has 2 aliphatic heterocycles. The minimum atomic E-state index is -2.84. The molecule has 0 aromatic heterocycles. The molecule has 86 valence electrons. The van der Waals surface area contributed by atoms with Crippen LogP contribution in [0, 0.1) is 5.92 Å². The van der Waals surface area contributed by atoms with E-state index in [-0.39, 0.29) is 23.3 Å². The molecule has 0 unspecified atom stereocenters. The van der Waals surface area contributed by atoms with Crippen LogP contribution in [0.2, 0.25) is 0 Å². The lowest BCUT2D eigenvalue weighted by Crippen LogP contribution is -2.29. The molecular formula is C10H17NO3S. The van der Waals surface area contributed by atoms with Crippen molar-refractivity contribution in [2.45, 2.75) is 25.7 Å². The predicted octanol–water partition coefficient (Wildman–Crippen LogP) is 0.434. The molecule has 2 heterocycles. The van der Waals surface area contributed by atoms with Crippen molar-refractivity contribution in [2.75, 3.05) is 24.6 Å². The van der Waals surface area contributed by atoms with Gasteiger partial charge in [0.05, 0.1) is 11.5 Å². The summed E-state index contributed by atoms with van der Waals surface area (Å²) in [5.74, 6) is 0.704. The SMILES string of the molecule is O=C(C[C@H]1CCS(=O)(=O)C1)N1CCCC1. The Hall–Kier alpha value is -0.580. The first-order valence-electron chi connectivity index (χ1n) is 5.55. The Kier molecular flexibility index (Phi) is 3.00. The molecule has 2 rings (SSSR count). The maximum atomic E-state index is 11.7. The van der Waals surface area contributed by atoms with Crippen LogP contribution < -0.4 is 0 Å². The highest BCUT2D eigenvalue weighted by Crippen LogP contribution is 2.23. The zero-order chi connectivity index (χ0) is 10.9. The molecule has 5 heteroatoms. The summed E-state index contributed by atoms with van der Waals surface area (Å²) in [5, 5.41) is 0. The molecule has 0 radical (unpaired) electrons. The number of hydrogen-bond acceptors (Lipinski definition) is 3. The zero-order valence-corrected chi connectivity index (χ0v) is 9.63. The van der Waals surface area contributed by atoms with Gasteiger partial charge in [0.25, 0.3) is 0 Å². The summed E-state index contributed by atoms with van der Waals surface area (Å²) in [7, 11) is -2.84. The Morgan fingerprint density at radius 3 is 2.47 bits per heavy atom. The van der Waals surface area contributed by atoms with Gasteiger partial charge in [-0.15, -0.1) is 0 Å². The van der Waals surface area contributed by atoms with Gasteiger partial charge < -0.3 is 4.90 Å². The molecule has 2 saturated heterocycles. The van der Waals surface area contributed by atoms with Crippen LogP contribution in [-0.2, 0) is 14.6 Å². The molecule has 2 fully saturated rings. The fourth-order valence-electron chi connectivity index (χ4n) is 2.38. The third-order valence-corrected chi connectivity index (χ3v) is 5.09. The standard InChI is InChI=1S/C10H17NO3S/c12-10(11-4-1-2-5-11)7-9-3-6-15(13,14)8-9/h9H,1-8H2/t9-/m1/s1. The molecule has 0 saturated carbocycles. The normalized spacial score (nSPS) is 29.6. The lowest BCUT2D eigenvalue weighted by molar-refractivity contribution is -0.130. The first-order valence-corrected chi connectivity index (χ1v) is 7.37. The largest absolute Gasteiger partial charge is 0.343 e. The van der Waals surface area contributed by atoms with Gasteiger partial charge in [-0.05, 0) is 25.2 Å². The van der Waals surface area contributed by atoms with E-state index in [9.17, 15) is 13.2 Å². The fraction of sp³-hybridized carbons (Fsp3) is 0.900. The minimum Gasteiger partial charge on any atom is -0.343 e. The molecule has 4 nitrogen and oxygen atoms in total. The number of nitrogens with zero attached hydrogens (tertiary/aromatic N) is 1. The van der Waals surface area contributed by atoms with Gasteiger partial charge in [-0.3, -0.25) is 4.79 Å². The van der Waals surface area contributed by atoms with Crippen LogP contribution in [0.25, 0.3) is 0 Å². The second kappa shape index (κ2) is 4.12. The Bertz CT molecular complexity index is 344. The van der Waals surface area contributed by atoms with E-state index in [1.54, 1.807) is 0 Å². The molecule has 15 heavy (non-hydrogen) atoms. The van der Waals surface area contributed by atoms with Crippen molar-refractivity contribution in [3.63, 3.8) is 0 Å². The molecule has 0 aliphatic carbocycles. The summed E-state index contributed by atoms with van der Waals surface area (Å²) in [6.45, 7) is 1.72. The van der Waals surface area contributed by atoms with Crippen molar-refractivity contribution in [3.05, 3.63) is 0 Å². The molecule has 0 bridgehead atoms. The van der Waals surface area contributed by atoms with Crippen molar-refractivity contribution >= 4 is 15.7 Å². The number of sulfone groups is 1. The fourth-order valence-corrected chi connectivity index (χ4v) is 4.24. The van der Waals surface area contributed by atoms with Gasteiger partial charge >= 0.3 is 0 Å². The quantitative estimate of drug-likeness (QED) is 0.692. The Morgan fingerprint density at radius 2 is 1.93 bits per heavy atom. The van der Waals surface area contributed by atoms with Gasteiger partial charge in [-0.1, -0.05) is 0 Å². The van der Waals surface area contributed by atoms with Gasteiger partial charge in [0.15, 0.2) is 9.84 Å². The third kappa shape index (κ3) is 2.71. The maximum Gasteiger partial charge on any atom is 0.222 e. The first-order chi connectivity index (χ1) is 7.07. The maximum absolute atomic E-state index is 11.7. The topological polar surface area (TPSA) is 54.5 Å². The average molecular weight is 231 g/mol. The van der Waals surface area contributed by atoms with Crippen LogP contribution in [0.1, 0.15) is 25.7 Å². The number of carbonyl (C=O) groups excluding carboxylic acids is 1. The van der Waals surface area contributed by atoms with E-state index in [1.807, 2.05) is 4.90 Å². The Labute approximate surface area is 90.6 Å². The van der Waals surface area contributed by atoms with Crippen LogP contribution in [0.5, 0.6) is 0 Å². The number of hydrogen-bond donors (Lipinski definition) is 0. The molecular weight excluding hydrogens is 214 g/mol. The predicted molar refractivity (Wildman–Crippen MR) is 57.2 cm³/mol. The molecule has 0 aromatic carbocycles. The van der Waals surface area contributed by atoms with Gasteiger partial charge in [0.2, 0.25) is 5.91 Å². The summed E-state index contributed by atoms with van der Waals surface area (Å²) in [6.07, 6.45) is 3.28. The van der Waals surface area contributed by atoms with E-state index >= 15 is 0 Å². The summed E-state index contributed by atoms with van der Waals surface area (Å²) >= 11 is 0. The molecule has 2 aliphatic rings. The van der Waals surface area contributed by atoms with Crippen molar-refractivity contribution in [1.82, 2.24) is 4.90 Å². The van der Waals surface area contributed by atoms with Gasteiger partial charge in [-0.2, -0.15) is 0 Å². The second-order valence-corrected chi connectivity index (χ2v) is 6.79. The van der Waals surface area contributed by atoms with Crippen molar-refractivity contribution < 1.29 is 13.2 Å². The van der Waals surface area contributed by atoms with E-state index in [2.05, 4.69) is 0 Å². The lowest BCUT2D eigenvalue weighted by Gasteiger charge is -2.17. The third-order valence-electron chi connectivity index (χ3n) is 3.25. The summed E-state index contributed by atoms with van der Waals surface area (Å²) in [4.78, 5) is 13.6. The monoisotopic (exact) mass is 231 g/mol. The average Bonchev–Trinajstić information content (AvgIpc) is 2.74. The Balaban J connectivity index is 1.85. The van der Waals surface area contributed by atoms with Crippen molar-refractivity contribution in [1.29, 1.82) is 0 Å². The molecule has 0 N–H and O–H groups in total. The van der Waals surface area contributed by atoms with Crippen LogP contribution >= 0.6 is 0 Å². The van der Waals surface area contributed by atoms with E-state index in [1.165, 1.54) is 0 Å². The van der Waals surface area contributed by atoms with Crippen LogP contribution in [-0.4, -0.2) is 43.8 Å². The van der Waals surface area contributed by atoms with Crippen LogP contribution in [0.15, 0.2) is 0 Å². The summed E-state index contributed by atoms with van der Waals surface area (Å²) in [5.41, 5.74) is 0. The number of amides is 1. The zero-order valence-electron chi connectivity index (χ0n) is 8.81. The van der Waals surface area contributed by atoms with E-state index in [0.717, 1.165) is 25.9 Å². The number of likely N-dealkylation sites (tertiary alicyclic amines) is 1. The van der Waals surface area contributed by atoms with E-state index in [4.69, 9.17) is 0 Å². The highest BCUT2D eigenvalue weighted by Gasteiger charge is 2.31. The van der Waals surface area contributed by atoms with Gasteiger partial charge in [0.1, 0.15) is 0 Å².